The molecule has 0 radical (unpaired) electrons. The van der Waals surface area contributed by atoms with Crippen molar-refractivity contribution in [1.29, 1.82) is 0 Å². The fourth-order valence-electron chi connectivity index (χ4n) is 3.95. The van der Waals surface area contributed by atoms with Gasteiger partial charge in [-0.25, -0.2) is 0 Å². The minimum Gasteiger partial charge on any atom is -0.459 e. The number of carbonyl (C=O) groups excluding carboxylic acids is 3. The maximum Gasteiger partial charge on any atom is 0.311 e. The van der Waals surface area contributed by atoms with E-state index in [4.69, 9.17) is 9.15 Å². The van der Waals surface area contributed by atoms with Crippen LogP contribution < -0.4 is 10.2 Å². The fourth-order valence-corrected chi connectivity index (χ4v) is 4.17. The van der Waals surface area contributed by atoms with Crippen molar-refractivity contribution in [2.45, 2.75) is 44.9 Å². The number of aryl methyl sites for hydroxylation is 1. The predicted molar refractivity (Wildman–Crippen MR) is 123 cm³/mol. The Morgan fingerprint density at radius 1 is 1.09 bits per heavy atom. The van der Waals surface area contributed by atoms with Gasteiger partial charge in [-0.15, -0.1) is 0 Å². The van der Waals surface area contributed by atoms with E-state index in [1.54, 1.807) is 26.0 Å². The number of carbonyl (C=O) groups is 3. The lowest BCUT2D eigenvalue weighted by Gasteiger charge is -2.21. The molecule has 4 rings (SSSR count). The molecule has 7 heteroatoms. The highest BCUT2D eigenvalue weighted by Gasteiger charge is 2.36. The average molecular weight is 497 g/mol. The molecular formula is C25H21BrO6. The van der Waals surface area contributed by atoms with E-state index in [1.807, 2.05) is 6.92 Å². The summed E-state index contributed by atoms with van der Waals surface area (Å²) >= 11 is 3.39. The Balaban J connectivity index is 1.96. The van der Waals surface area contributed by atoms with E-state index in [-0.39, 0.29) is 61.4 Å². The molecule has 0 N–H and O–H groups in total. The monoisotopic (exact) mass is 496 g/mol. The minimum absolute atomic E-state index is 0.0138. The second kappa shape index (κ2) is 8.47. The second-order valence-corrected chi connectivity index (χ2v) is 9.24. The molecule has 1 aliphatic rings. The van der Waals surface area contributed by atoms with Gasteiger partial charge < -0.3 is 9.15 Å². The third-order valence-electron chi connectivity index (χ3n) is 5.54. The third kappa shape index (κ3) is 3.60. The molecule has 0 fully saturated rings. The highest BCUT2D eigenvalue weighted by atomic mass is 79.9. The number of rotatable bonds is 5. The van der Waals surface area contributed by atoms with Crippen LogP contribution in [0.4, 0.5) is 0 Å². The zero-order valence-corrected chi connectivity index (χ0v) is 19.5. The van der Waals surface area contributed by atoms with E-state index in [1.165, 1.54) is 18.2 Å². The van der Waals surface area contributed by atoms with Gasteiger partial charge >= 0.3 is 5.97 Å². The molecule has 0 saturated heterocycles. The number of hydrogen-bond donors (Lipinski definition) is 0. The molecule has 1 unspecified atom stereocenters. The molecule has 0 aliphatic heterocycles. The van der Waals surface area contributed by atoms with Crippen LogP contribution in [0.25, 0.3) is 11.0 Å². The van der Waals surface area contributed by atoms with Gasteiger partial charge in [-0.3, -0.25) is 19.2 Å². The van der Waals surface area contributed by atoms with E-state index in [9.17, 15) is 19.2 Å². The Morgan fingerprint density at radius 2 is 1.84 bits per heavy atom. The third-order valence-corrected chi connectivity index (χ3v) is 5.99. The van der Waals surface area contributed by atoms with Crippen LogP contribution >= 0.6 is 15.9 Å². The fraction of sp³-hybridized carbons (Fsp3) is 0.280. The van der Waals surface area contributed by atoms with Crippen LogP contribution in [0.5, 0.6) is 5.75 Å². The first-order valence-electron chi connectivity index (χ1n) is 10.4. The summed E-state index contributed by atoms with van der Waals surface area (Å²) in [6.07, 6.45) is 1.69. The first-order chi connectivity index (χ1) is 15.2. The Hall–Kier alpha value is -3.06. The lowest BCUT2D eigenvalue weighted by molar-refractivity contribution is -0.134. The molecule has 0 saturated carbocycles. The second-order valence-electron chi connectivity index (χ2n) is 7.86. The van der Waals surface area contributed by atoms with E-state index in [0.717, 1.165) is 6.42 Å². The molecule has 164 valence electrons. The van der Waals surface area contributed by atoms with Gasteiger partial charge in [-0.05, 0) is 38.0 Å². The summed E-state index contributed by atoms with van der Waals surface area (Å²) in [4.78, 5) is 51.8. The molecule has 0 bridgehead atoms. The van der Waals surface area contributed by atoms with Crippen LogP contribution in [0.1, 0.15) is 81.1 Å². The lowest BCUT2D eigenvalue weighted by atomic mass is 9.81. The number of benzene rings is 2. The molecular weight excluding hydrogens is 476 g/mol. The Bertz CT molecular complexity index is 1350. The van der Waals surface area contributed by atoms with Crippen molar-refractivity contribution < 1.29 is 23.5 Å². The number of esters is 1. The maximum atomic E-state index is 13.7. The summed E-state index contributed by atoms with van der Waals surface area (Å²) in [5.41, 5.74) is 0.696. The van der Waals surface area contributed by atoms with Gasteiger partial charge in [0.2, 0.25) is 5.78 Å². The largest absolute Gasteiger partial charge is 0.459 e. The van der Waals surface area contributed by atoms with Crippen molar-refractivity contribution >= 4 is 44.4 Å². The van der Waals surface area contributed by atoms with Crippen molar-refractivity contribution in [3.05, 3.63) is 74.1 Å². The van der Waals surface area contributed by atoms with E-state index in [0.29, 0.717) is 17.7 Å². The SMILES string of the molecule is CCCCC(=O)Oc1cccc2c1C(=O)c1c(cc(C)c3c(=O)cc(C(C)Br)oc13)C2=O. The van der Waals surface area contributed by atoms with Gasteiger partial charge in [0.05, 0.1) is 21.3 Å². The standard InChI is InChI=1S/C25H21BrO6/c1-4-5-9-19(28)31-17-8-6-7-14-21(17)24(30)22-15(23(14)29)10-12(2)20-16(27)11-18(13(3)26)32-25(20)22/h6-8,10-11,13H,4-5,9H2,1-3H3. The van der Waals surface area contributed by atoms with Gasteiger partial charge in [0.15, 0.2) is 11.2 Å². The molecule has 2 aromatic carbocycles. The van der Waals surface area contributed by atoms with Crippen molar-refractivity contribution in [2.24, 2.45) is 0 Å². The number of ketones is 2. The van der Waals surface area contributed by atoms with Gasteiger partial charge in [0.25, 0.3) is 0 Å². The summed E-state index contributed by atoms with van der Waals surface area (Å²) in [6, 6.07) is 7.54. The quantitative estimate of drug-likeness (QED) is 0.208. The highest BCUT2D eigenvalue weighted by molar-refractivity contribution is 9.09. The zero-order chi connectivity index (χ0) is 23.2. The predicted octanol–water partition coefficient (Wildman–Crippen LogP) is 5.43. The normalized spacial score (nSPS) is 13.6. The molecule has 0 spiro atoms. The highest BCUT2D eigenvalue weighted by Crippen LogP contribution is 2.38. The maximum absolute atomic E-state index is 13.7. The van der Waals surface area contributed by atoms with Crippen molar-refractivity contribution in [3.8, 4) is 5.75 Å². The molecule has 6 nitrogen and oxygen atoms in total. The first-order valence-corrected chi connectivity index (χ1v) is 11.3. The number of halogens is 1. The van der Waals surface area contributed by atoms with E-state index in [2.05, 4.69) is 15.9 Å². The molecule has 3 aromatic rings. The number of unbranched alkanes of at least 4 members (excludes halogenated alkanes) is 1. The van der Waals surface area contributed by atoms with Crippen LogP contribution in [-0.2, 0) is 4.79 Å². The Kier molecular flexibility index (Phi) is 5.86. The van der Waals surface area contributed by atoms with Crippen molar-refractivity contribution in [1.82, 2.24) is 0 Å². The number of fused-ring (bicyclic) bond motifs is 4. The van der Waals surface area contributed by atoms with Crippen LogP contribution in [0.15, 0.2) is 39.5 Å². The van der Waals surface area contributed by atoms with Gasteiger partial charge in [-0.1, -0.05) is 41.4 Å². The lowest BCUT2D eigenvalue weighted by Crippen LogP contribution is -2.24. The summed E-state index contributed by atoms with van der Waals surface area (Å²) < 4.78 is 11.4. The van der Waals surface area contributed by atoms with Crippen LogP contribution in [0, 0.1) is 6.92 Å². The van der Waals surface area contributed by atoms with Crippen LogP contribution in [0.3, 0.4) is 0 Å². The number of ether oxygens (including phenoxy) is 1. The molecule has 1 atom stereocenters. The molecule has 1 heterocycles. The number of hydrogen-bond acceptors (Lipinski definition) is 6. The van der Waals surface area contributed by atoms with Gasteiger partial charge in [0, 0.05) is 23.6 Å². The van der Waals surface area contributed by atoms with Gasteiger partial charge in [-0.2, -0.15) is 0 Å². The topological polar surface area (TPSA) is 90.7 Å². The average Bonchev–Trinajstić information content (AvgIpc) is 2.75. The number of alkyl halides is 1. The van der Waals surface area contributed by atoms with Crippen LogP contribution in [0.2, 0.25) is 0 Å². The van der Waals surface area contributed by atoms with Gasteiger partial charge in [0.1, 0.15) is 17.1 Å². The summed E-state index contributed by atoms with van der Waals surface area (Å²) in [7, 11) is 0. The first kappa shape index (κ1) is 22.1. The molecule has 1 aromatic heterocycles. The Labute approximate surface area is 192 Å². The Morgan fingerprint density at radius 3 is 2.53 bits per heavy atom. The van der Waals surface area contributed by atoms with Crippen molar-refractivity contribution in [3.63, 3.8) is 0 Å². The van der Waals surface area contributed by atoms with E-state index >= 15 is 0 Å². The summed E-state index contributed by atoms with van der Waals surface area (Å²) in [5.74, 6) is -0.983. The molecule has 32 heavy (non-hydrogen) atoms. The summed E-state index contributed by atoms with van der Waals surface area (Å²) in [5, 5.41) is 0.252. The summed E-state index contributed by atoms with van der Waals surface area (Å²) in [6.45, 7) is 5.46. The smallest absolute Gasteiger partial charge is 0.311 e. The zero-order valence-electron chi connectivity index (χ0n) is 17.9. The van der Waals surface area contributed by atoms with Crippen molar-refractivity contribution in [2.75, 3.05) is 0 Å². The van der Waals surface area contributed by atoms with E-state index < -0.39 is 11.8 Å². The van der Waals surface area contributed by atoms with Crippen LogP contribution in [-0.4, -0.2) is 17.5 Å². The molecule has 1 aliphatic carbocycles. The molecule has 0 amide bonds. The minimum atomic E-state index is -0.513.